The van der Waals surface area contributed by atoms with E-state index in [1.165, 1.54) is 5.56 Å². The van der Waals surface area contributed by atoms with Gasteiger partial charge in [-0.1, -0.05) is 38.1 Å². The molecule has 0 aromatic heterocycles. The fraction of sp³-hybridized carbons (Fsp3) is 0.588. The lowest BCUT2D eigenvalue weighted by molar-refractivity contribution is -0.0220. The van der Waals surface area contributed by atoms with Crippen molar-refractivity contribution in [2.75, 3.05) is 19.8 Å². The van der Waals surface area contributed by atoms with Crippen molar-refractivity contribution in [2.24, 2.45) is 0 Å². The first-order chi connectivity index (χ1) is 9.67. The Balaban J connectivity index is 2.10. The predicted molar refractivity (Wildman–Crippen MR) is 81.2 cm³/mol. The van der Waals surface area contributed by atoms with E-state index in [-0.39, 0.29) is 11.8 Å². The van der Waals surface area contributed by atoms with Gasteiger partial charge in [0.15, 0.2) is 5.78 Å². The molecule has 0 saturated carbocycles. The second-order valence-electron chi connectivity index (χ2n) is 5.47. The van der Waals surface area contributed by atoms with Crippen LogP contribution < -0.4 is 0 Å². The highest BCUT2D eigenvalue weighted by molar-refractivity contribution is 5.99. The number of ether oxygens (including phenoxy) is 1. The van der Waals surface area contributed by atoms with Gasteiger partial charge < -0.3 is 4.74 Å². The van der Waals surface area contributed by atoms with Gasteiger partial charge in [-0.25, -0.2) is 0 Å². The summed E-state index contributed by atoms with van der Waals surface area (Å²) in [5, 5.41) is 0. The Morgan fingerprint density at radius 1 is 1.35 bits per heavy atom. The minimum Gasteiger partial charge on any atom is -0.378 e. The molecule has 3 heteroatoms. The van der Waals surface area contributed by atoms with Gasteiger partial charge in [0, 0.05) is 18.2 Å². The lowest BCUT2D eigenvalue weighted by Crippen LogP contribution is -2.52. The van der Waals surface area contributed by atoms with Crippen LogP contribution in [0.4, 0.5) is 0 Å². The van der Waals surface area contributed by atoms with Crippen molar-refractivity contribution in [3.8, 4) is 0 Å². The number of morpholine rings is 1. The summed E-state index contributed by atoms with van der Waals surface area (Å²) in [4.78, 5) is 14.9. The summed E-state index contributed by atoms with van der Waals surface area (Å²) in [6, 6.07) is 8.31. The molecule has 1 aliphatic heterocycles. The topological polar surface area (TPSA) is 29.5 Å². The molecule has 110 valence electrons. The largest absolute Gasteiger partial charge is 0.378 e. The van der Waals surface area contributed by atoms with Gasteiger partial charge in [0.25, 0.3) is 0 Å². The van der Waals surface area contributed by atoms with Crippen LogP contribution in [0, 0.1) is 0 Å². The van der Waals surface area contributed by atoms with Crippen LogP contribution in [-0.2, 0) is 11.2 Å². The zero-order chi connectivity index (χ0) is 14.5. The number of hydrogen-bond donors (Lipinski definition) is 0. The molecule has 1 aliphatic rings. The molecular formula is C17H25NO2. The average molecular weight is 275 g/mol. The zero-order valence-electron chi connectivity index (χ0n) is 12.8. The van der Waals surface area contributed by atoms with Gasteiger partial charge in [-0.2, -0.15) is 0 Å². The molecule has 2 unspecified atom stereocenters. The molecular weight excluding hydrogens is 250 g/mol. The highest BCUT2D eigenvalue weighted by Crippen LogP contribution is 2.17. The van der Waals surface area contributed by atoms with E-state index < -0.39 is 0 Å². The quantitative estimate of drug-likeness (QED) is 0.774. The lowest BCUT2D eigenvalue weighted by Gasteiger charge is -2.38. The van der Waals surface area contributed by atoms with Crippen molar-refractivity contribution >= 4 is 5.78 Å². The number of hydrogen-bond acceptors (Lipinski definition) is 3. The van der Waals surface area contributed by atoms with E-state index in [0.717, 1.165) is 38.2 Å². The van der Waals surface area contributed by atoms with Gasteiger partial charge in [0.2, 0.25) is 0 Å². The monoisotopic (exact) mass is 275 g/mol. The summed E-state index contributed by atoms with van der Waals surface area (Å²) in [5.74, 6) is 0.216. The minimum atomic E-state index is -0.0728. The highest BCUT2D eigenvalue weighted by atomic mass is 16.5. The second-order valence-corrected chi connectivity index (χ2v) is 5.47. The van der Waals surface area contributed by atoms with E-state index >= 15 is 0 Å². The number of carbonyl (C=O) groups excluding carboxylic acids is 1. The van der Waals surface area contributed by atoms with E-state index in [2.05, 4.69) is 30.9 Å². The summed E-state index contributed by atoms with van der Waals surface area (Å²) < 4.78 is 5.52. The predicted octanol–water partition coefficient (Wildman–Crippen LogP) is 2.93. The van der Waals surface area contributed by atoms with Crippen molar-refractivity contribution < 1.29 is 9.53 Å². The number of ketones is 1. The standard InChI is InChI=1S/C17H25NO2/c1-4-14-6-8-15(9-7-14)17(19)13(3)18-10-11-20-12-16(18)5-2/h6-9,13,16H,4-5,10-12H2,1-3H3. The molecule has 3 nitrogen and oxygen atoms in total. The van der Waals surface area contributed by atoms with Crippen LogP contribution in [-0.4, -0.2) is 42.5 Å². The number of aryl methyl sites for hydroxylation is 1. The molecule has 0 spiro atoms. The molecule has 2 rings (SSSR count). The minimum absolute atomic E-state index is 0.0728. The number of Topliss-reactive ketones (excluding diaryl/α,β-unsaturated/α-hetero) is 1. The molecule has 0 aliphatic carbocycles. The Kier molecular flexibility index (Phi) is 5.32. The SMILES string of the molecule is CCc1ccc(C(=O)C(C)N2CCOCC2CC)cc1. The Morgan fingerprint density at radius 2 is 2.05 bits per heavy atom. The van der Waals surface area contributed by atoms with Crippen LogP contribution in [0.25, 0.3) is 0 Å². The van der Waals surface area contributed by atoms with E-state index in [9.17, 15) is 4.79 Å². The fourth-order valence-corrected chi connectivity index (χ4v) is 2.83. The van der Waals surface area contributed by atoms with Crippen LogP contribution in [0.1, 0.15) is 43.1 Å². The molecule has 1 aromatic carbocycles. The first kappa shape index (κ1) is 15.2. The maximum absolute atomic E-state index is 12.6. The van der Waals surface area contributed by atoms with E-state index in [0.29, 0.717) is 6.04 Å². The number of nitrogens with zero attached hydrogens (tertiary/aromatic N) is 1. The average Bonchev–Trinajstić information content (AvgIpc) is 2.53. The first-order valence-electron chi connectivity index (χ1n) is 7.64. The third-order valence-electron chi connectivity index (χ3n) is 4.27. The van der Waals surface area contributed by atoms with Crippen molar-refractivity contribution in [1.82, 2.24) is 4.90 Å². The highest BCUT2D eigenvalue weighted by Gasteiger charge is 2.30. The zero-order valence-corrected chi connectivity index (χ0v) is 12.8. The summed E-state index contributed by atoms with van der Waals surface area (Å²) in [6.07, 6.45) is 2.03. The maximum Gasteiger partial charge on any atom is 0.179 e. The molecule has 2 atom stereocenters. The Bertz CT molecular complexity index is 441. The molecule has 20 heavy (non-hydrogen) atoms. The van der Waals surface area contributed by atoms with Crippen molar-refractivity contribution in [2.45, 2.75) is 45.7 Å². The Hall–Kier alpha value is -1.19. The Labute approximate surface area is 121 Å². The first-order valence-corrected chi connectivity index (χ1v) is 7.64. The Morgan fingerprint density at radius 3 is 2.65 bits per heavy atom. The van der Waals surface area contributed by atoms with Crippen LogP contribution in [0.15, 0.2) is 24.3 Å². The smallest absolute Gasteiger partial charge is 0.179 e. The molecule has 0 amide bonds. The van der Waals surface area contributed by atoms with Crippen LogP contribution in [0.3, 0.4) is 0 Å². The van der Waals surface area contributed by atoms with Crippen molar-refractivity contribution in [1.29, 1.82) is 0 Å². The maximum atomic E-state index is 12.6. The van der Waals surface area contributed by atoms with E-state index in [1.54, 1.807) is 0 Å². The second kappa shape index (κ2) is 7.00. The third-order valence-corrected chi connectivity index (χ3v) is 4.27. The van der Waals surface area contributed by atoms with Crippen LogP contribution >= 0.6 is 0 Å². The van der Waals surface area contributed by atoms with E-state index in [1.807, 2.05) is 19.1 Å². The van der Waals surface area contributed by atoms with Gasteiger partial charge in [0.05, 0.1) is 19.3 Å². The van der Waals surface area contributed by atoms with Gasteiger partial charge in [-0.3, -0.25) is 9.69 Å². The van der Waals surface area contributed by atoms with Gasteiger partial charge in [-0.15, -0.1) is 0 Å². The fourth-order valence-electron chi connectivity index (χ4n) is 2.83. The summed E-state index contributed by atoms with van der Waals surface area (Å²) in [6.45, 7) is 8.60. The van der Waals surface area contributed by atoms with E-state index in [4.69, 9.17) is 4.74 Å². The van der Waals surface area contributed by atoms with Crippen molar-refractivity contribution in [3.05, 3.63) is 35.4 Å². The van der Waals surface area contributed by atoms with Gasteiger partial charge >= 0.3 is 0 Å². The van der Waals surface area contributed by atoms with Gasteiger partial charge in [-0.05, 0) is 25.3 Å². The molecule has 0 N–H and O–H groups in total. The van der Waals surface area contributed by atoms with Crippen molar-refractivity contribution in [3.63, 3.8) is 0 Å². The third kappa shape index (κ3) is 3.28. The lowest BCUT2D eigenvalue weighted by atomic mass is 10.00. The number of benzene rings is 1. The summed E-state index contributed by atoms with van der Waals surface area (Å²) in [5.41, 5.74) is 2.09. The summed E-state index contributed by atoms with van der Waals surface area (Å²) >= 11 is 0. The van der Waals surface area contributed by atoms with Gasteiger partial charge in [0.1, 0.15) is 0 Å². The summed E-state index contributed by atoms with van der Waals surface area (Å²) in [7, 11) is 0. The molecule has 1 fully saturated rings. The molecule has 0 radical (unpaired) electrons. The number of carbonyl (C=O) groups is 1. The van der Waals surface area contributed by atoms with Crippen LogP contribution in [0.2, 0.25) is 0 Å². The molecule has 1 saturated heterocycles. The normalized spacial score (nSPS) is 21.6. The van der Waals surface area contributed by atoms with Crippen LogP contribution in [0.5, 0.6) is 0 Å². The molecule has 0 bridgehead atoms. The number of rotatable bonds is 5. The molecule has 1 aromatic rings. The molecule has 1 heterocycles.